The van der Waals surface area contributed by atoms with Crippen molar-refractivity contribution in [3.63, 3.8) is 0 Å². The number of nitrogens with zero attached hydrogens (tertiary/aromatic N) is 1. The van der Waals surface area contributed by atoms with E-state index in [-0.39, 0.29) is 11.5 Å². The van der Waals surface area contributed by atoms with Gasteiger partial charge in [0.2, 0.25) is 5.78 Å². The summed E-state index contributed by atoms with van der Waals surface area (Å²) in [5.74, 6) is 0.242. The van der Waals surface area contributed by atoms with Gasteiger partial charge in [-0.2, -0.15) is 0 Å². The molecule has 2 N–H and O–H groups in total. The minimum atomic E-state index is -0.158. The van der Waals surface area contributed by atoms with Gasteiger partial charge in [-0.1, -0.05) is 19.9 Å². The van der Waals surface area contributed by atoms with Gasteiger partial charge in [-0.15, -0.1) is 11.3 Å². The third kappa shape index (κ3) is 2.00. The second kappa shape index (κ2) is 4.76. The average Bonchev–Trinajstić information content (AvgIpc) is 3.05. The fourth-order valence-electron chi connectivity index (χ4n) is 2.12. The van der Waals surface area contributed by atoms with Crippen LogP contribution in [0.4, 0.5) is 0 Å². The van der Waals surface area contributed by atoms with Crippen LogP contribution >= 0.6 is 11.3 Å². The molecule has 0 radical (unpaired) electrons. The normalized spacial score (nSPS) is 11.3. The molecule has 0 aliphatic heterocycles. The van der Waals surface area contributed by atoms with Crippen molar-refractivity contribution in [1.29, 1.82) is 0 Å². The molecular weight excluding hydrogens is 272 g/mol. The molecule has 5 heteroatoms. The zero-order valence-electron chi connectivity index (χ0n) is 11.2. The molecule has 0 saturated heterocycles. The second-order valence-corrected chi connectivity index (χ2v) is 5.82. The molecule has 0 unspecified atom stereocenters. The van der Waals surface area contributed by atoms with Gasteiger partial charge in [0.1, 0.15) is 5.75 Å². The molecule has 2 heterocycles. The average molecular weight is 286 g/mol. The first-order chi connectivity index (χ1) is 9.58. The van der Waals surface area contributed by atoms with Crippen LogP contribution in [0.3, 0.4) is 0 Å². The minimum Gasteiger partial charge on any atom is -0.507 e. The SMILES string of the molecule is CC(C)c1csc(C(=O)c2c[nH]c3cccc(O)c23)n1. The van der Waals surface area contributed by atoms with Gasteiger partial charge >= 0.3 is 0 Å². The fraction of sp³-hybridized carbons (Fsp3) is 0.200. The number of thiazole rings is 1. The highest BCUT2D eigenvalue weighted by Crippen LogP contribution is 2.30. The van der Waals surface area contributed by atoms with E-state index in [0.29, 0.717) is 21.9 Å². The Hall–Kier alpha value is -2.14. The van der Waals surface area contributed by atoms with E-state index in [1.807, 2.05) is 25.3 Å². The van der Waals surface area contributed by atoms with Gasteiger partial charge < -0.3 is 10.1 Å². The number of phenols is 1. The summed E-state index contributed by atoms with van der Waals surface area (Å²) < 4.78 is 0. The number of hydrogen-bond donors (Lipinski definition) is 2. The molecule has 0 aliphatic carbocycles. The molecule has 0 saturated carbocycles. The van der Waals surface area contributed by atoms with Crippen molar-refractivity contribution in [2.45, 2.75) is 19.8 Å². The second-order valence-electron chi connectivity index (χ2n) is 4.96. The summed E-state index contributed by atoms with van der Waals surface area (Å²) in [6, 6.07) is 5.14. The number of benzene rings is 1. The highest BCUT2D eigenvalue weighted by molar-refractivity contribution is 7.12. The first-order valence-electron chi connectivity index (χ1n) is 6.37. The molecule has 1 aromatic carbocycles. The Labute approximate surface area is 120 Å². The number of nitrogens with one attached hydrogen (secondary N) is 1. The maximum absolute atomic E-state index is 12.5. The molecule has 0 amide bonds. The Morgan fingerprint density at radius 3 is 2.90 bits per heavy atom. The summed E-state index contributed by atoms with van der Waals surface area (Å²) in [6.45, 7) is 4.08. The summed E-state index contributed by atoms with van der Waals surface area (Å²) in [6.07, 6.45) is 1.63. The van der Waals surface area contributed by atoms with E-state index >= 15 is 0 Å². The van der Waals surface area contributed by atoms with Crippen molar-refractivity contribution in [3.05, 3.63) is 46.0 Å². The topological polar surface area (TPSA) is 66.0 Å². The Kier molecular flexibility index (Phi) is 3.06. The van der Waals surface area contributed by atoms with Crippen molar-refractivity contribution in [1.82, 2.24) is 9.97 Å². The van der Waals surface area contributed by atoms with Crippen molar-refractivity contribution in [2.75, 3.05) is 0 Å². The molecule has 0 bridgehead atoms. The smallest absolute Gasteiger partial charge is 0.223 e. The van der Waals surface area contributed by atoms with E-state index in [1.165, 1.54) is 11.3 Å². The van der Waals surface area contributed by atoms with Gasteiger partial charge in [0.05, 0.1) is 16.6 Å². The molecule has 4 nitrogen and oxygen atoms in total. The lowest BCUT2D eigenvalue weighted by Crippen LogP contribution is -2.00. The Bertz CT molecular complexity index is 786. The number of aromatic nitrogens is 2. The predicted octanol–water partition coefficient (Wildman–Crippen LogP) is 3.68. The number of aromatic amines is 1. The molecule has 0 atom stereocenters. The molecule has 2 aromatic heterocycles. The number of fused-ring (bicyclic) bond motifs is 1. The van der Waals surface area contributed by atoms with Gasteiger partial charge in [-0.3, -0.25) is 4.79 Å². The first kappa shape index (κ1) is 12.9. The molecule has 102 valence electrons. The Morgan fingerprint density at radius 1 is 1.40 bits per heavy atom. The molecule has 3 aromatic rings. The van der Waals surface area contributed by atoms with Crippen LogP contribution in [0, 0.1) is 0 Å². The lowest BCUT2D eigenvalue weighted by molar-refractivity contribution is 0.103. The monoisotopic (exact) mass is 286 g/mol. The third-order valence-electron chi connectivity index (χ3n) is 3.24. The molecule has 3 rings (SSSR count). The van der Waals surface area contributed by atoms with Crippen LogP contribution in [0.5, 0.6) is 5.75 Å². The van der Waals surface area contributed by atoms with Gasteiger partial charge in [0.15, 0.2) is 5.01 Å². The van der Waals surface area contributed by atoms with Crippen LogP contribution in [0.25, 0.3) is 10.9 Å². The molecule has 0 spiro atoms. The maximum Gasteiger partial charge on any atom is 0.223 e. The van der Waals surface area contributed by atoms with Crippen molar-refractivity contribution >= 4 is 28.0 Å². The summed E-state index contributed by atoms with van der Waals surface area (Å²) in [4.78, 5) is 19.9. The number of carbonyl (C=O) groups excluding carboxylic acids is 1. The molecule has 0 aliphatic rings. The third-order valence-corrected chi connectivity index (χ3v) is 4.10. The van der Waals surface area contributed by atoms with Gasteiger partial charge in [0, 0.05) is 17.1 Å². The van der Waals surface area contributed by atoms with E-state index in [9.17, 15) is 9.90 Å². The number of H-pyrrole nitrogens is 1. The van der Waals surface area contributed by atoms with Gasteiger partial charge in [0.25, 0.3) is 0 Å². The first-order valence-corrected chi connectivity index (χ1v) is 7.25. The summed E-state index contributed by atoms with van der Waals surface area (Å²) in [5.41, 5.74) is 2.12. The molecule has 0 fully saturated rings. The zero-order chi connectivity index (χ0) is 14.3. The van der Waals surface area contributed by atoms with E-state index in [2.05, 4.69) is 9.97 Å². The van der Waals surface area contributed by atoms with E-state index in [1.54, 1.807) is 18.3 Å². The van der Waals surface area contributed by atoms with Gasteiger partial charge in [-0.05, 0) is 18.1 Å². The quantitative estimate of drug-likeness (QED) is 0.722. The largest absolute Gasteiger partial charge is 0.507 e. The minimum absolute atomic E-state index is 0.104. The number of ketones is 1. The number of aromatic hydroxyl groups is 1. The van der Waals surface area contributed by atoms with Gasteiger partial charge in [-0.25, -0.2) is 4.98 Å². The Balaban J connectivity index is 2.08. The van der Waals surface area contributed by atoms with Crippen LogP contribution < -0.4 is 0 Å². The predicted molar refractivity (Wildman–Crippen MR) is 79.6 cm³/mol. The Morgan fingerprint density at radius 2 is 2.20 bits per heavy atom. The fourth-order valence-corrected chi connectivity index (χ4v) is 3.05. The zero-order valence-corrected chi connectivity index (χ0v) is 12.0. The van der Waals surface area contributed by atoms with E-state index < -0.39 is 0 Å². The number of phenolic OH excluding ortho intramolecular Hbond substituents is 1. The molecule has 20 heavy (non-hydrogen) atoms. The summed E-state index contributed by atoms with van der Waals surface area (Å²) >= 11 is 1.34. The van der Waals surface area contributed by atoms with Crippen LogP contribution in [-0.4, -0.2) is 20.9 Å². The van der Waals surface area contributed by atoms with Crippen LogP contribution in [0.15, 0.2) is 29.8 Å². The number of rotatable bonds is 3. The van der Waals surface area contributed by atoms with Crippen molar-refractivity contribution in [3.8, 4) is 5.75 Å². The van der Waals surface area contributed by atoms with Crippen molar-refractivity contribution < 1.29 is 9.90 Å². The van der Waals surface area contributed by atoms with Crippen LogP contribution in [-0.2, 0) is 0 Å². The van der Waals surface area contributed by atoms with Crippen LogP contribution in [0.1, 0.15) is 40.8 Å². The highest BCUT2D eigenvalue weighted by atomic mass is 32.1. The number of hydrogen-bond acceptors (Lipinski definition) is 4. The number of carbonyl (C=O) groups is 1. The highest BCUT2D eigenvalue weighted by Gasteiger charge is 2.20. The molecular formula is C15H14N2O2S. The van der Waals surface area contributed by atoms with E-state index in [4.69, 9.17) is 0 Å². The van der Waals surface area contributed by atoms with E-state index in [0.717, 1.165) is 11.2 Å². The standard InChI is InChI=1S/C15H14N2O2S/c1-8(2)11-7-20-15(17-11)14(19)9-6-16-10-4-3-5-12(18)13(9)10/h3-8,16,18H,1-2H3. The lowest BCUT2D eigenvalue weighted by Gasteiger charge is -1.99. The lowest BCUT2D eigenvalue weighted by atomic mass is 10.1. The maximum atomic E-state index is 12.5. The van der Waals surface area contributed by atoms with Crippen molar-refractivity contribution in [2.24, 2.45) is 0 Å². The summed E-state index contributed by atoms with van der Waals surface area (Å²) in [5, 5.41) is 12.9. The van der Waals surface area contributed by atoms with Crippen LogP contribution in [0.2, 0.25) is 0 Å². The summed E-state index contributed by atoms with van der Waals surface area (Å²) in [7, 11) is 0.